The second kappa shape index (κ2) is 9.92. The molecule has 1 unspecified atom stereocenters. The second-order valence-corrected chi connectivity index (χ2v) is 11.0. The Labute approximate surface area is 192 Å². The average molecular weight is 481 g/mol. The van der Waals surface area contributed by atoms with Crippen LogP contribution in [0.3, 0.4) is 0 Å². The molecule has 0 N–H and O–H groups in total. The Morgan fingerprint density at radius 1 is 1.06 bits per heavy atom. The van der Waals surface area contributed by atoms with E-state index in [0.29, 0.717) is 23.7 Å². The highest BCUT2D eigenvalue weighted by Crippen LogP contribution is 2.28. The highest BCUT2D eigenvalue weighted by molar-refractivity contribution is 7.99. The minimum atomic E-state index is -3.60. The maximum Gasteiger partial charge on any atom is 0.255 e. The van der Waals surface area contributed by atoms with Gasteiger partial charge in [-0.3, -0.25) is 4.79 Å². The van der Waals surface area contributed by atoms with Crippen LogP contribution in [0.25, 0.3) is 0 Å². The predicted molar refractivity (Wildman–Crippen MR) is 122 cm³/mol. The van der Waals surface area contributed by atoms with E-state index in [9.17, 15) is 13.2 Å². The van der Waals surface area contributed by atoms with E-state index >= 15 is 0 Å². The molecule has 0 aromatic heterocycles. The minimum absolute atomic E-state index is 0.0565. The Morgan fingerprint density at radius 3 is 2.45 bits per heavy atom. The van der Waals surface area contributed by atoms with Crippen molar-refractivity contribution >= 4 is 39.3 Å². The third-order valence-corrected chi connectivity index (χ3v) is 8.91. The maximum atomic E-state index is 13.2. The molecule has 0 bridgehead atoms. The quantitative estimate of drug-likeness (QED) is 0.589. The maximum absolute atomic E-state index is 13.2. The van der Waals surface area contributed by atoms with Gasteiger partial charge in [-0.25, -0.2) is 8.42 Å². The molecular formula is C22H25ClN2O4S2. The monoisotopic (exact) mass is 480 g/mol. The number of ether oxygens (including phenoxy) is 1. The molecule has 2 aromatic carbocycles. The number of thioether (sulfide) groups is 1. The first-order valence-corrected chi connectivity index (χ1v) is 13.1. The molecular weight excluding hydrogens is 456 g/mol. The van der Waals surface area contributed by atoms with E-state index in [4.69, 9.17) is 16.3 Å². The highest BCUT2D eigenvalue weighted by Gasteiger charge is 2.31. The molecule has 0 radical (unpaired) electrons. The van der Waals surface area contributed by atoms with E-state index in [1.807, 2.05) is 24.3 Å². The number of rotatable bonds is 6. The molecule has 0 saturated carbocycles. The first-order valence-electron chi connectivity index (χ1n) is 10.3. The molecule has 2 aliphatic rings. The Morgan fingerprint density at radius 2 is 1.77 bits per heavy atom. The predicted octanol–water partition coefficient (Wildman–Crippen LogP) is 3.76. The second-order valence-electron chi connectivity index (χ2n) is 7.59. The third kappa shape index (κ3) is 5.26. The van der Waals surface area contributed by atoms with Gasteiger partial charge in [-0.1, -0.05) is 23.7 Å². The summed E-state index contributed by atoms with van der Waals surface area (Å²) in [7, 11) is -3.60. The molecule has 4 rings (SSSR count). The van der Waals surface area contributed by atoms with Crippen LogP contribution in [0.15, 0.2) is 58.3 Å². The highest BCUT2D eigenvalue weighted by atomic mass is 35.5. The molecule has 1 amide bonds. The lowest BCUT2D eigenvalue weighted by Gasteiger charge is -2.34. The topological polar surface area (TPSA) is 66.9 Å². The van der Waals surface area contributed by atoms with Gasteiger partial charge < -0.3 is 9.64 Å². The number of amides is 1. The van der Waals surface area contributed by atoms with Gasteiger partial charge in [0.15, 0.2) is 0 Å². The SMILES string of the molecule is O=C(c1ccccc1SCC1CCCO1)N1CCN(S(=O)(=O)c2ccc(Cl)cc2)CC1. The Hall–Kier alpha value is -1.58. The number of halogens is 1. The summed E-state index contributed by atoms with van der Waals surface area (Å²) in [6.45, 7) is 2.06. The van der Waals surface area contributed by atoms with Crippen LogP contribution >= 0.6 is 23.4 Å². The number of carbonyl (C=O) groups excluding carboxylic acids is 1. The number of benzene rings is 2. The van der Waals surface area contributed by atoms with Crippen LogP contribution in [0.1, 0.15) is 23.2 Å². The molecule has 31 heavy (non-hydrogen) atoms. The molecule has 166 valence electrons. The summed E-state index contributed by atoms with van der Waals surface area (Å²) in [5.41, 5.74) is 0.666. The summed E-state index contributed by atoms with van der Waals surface area (Å²) in [6.07, 6.45) is 2.40. The van der Waals surface area contributed by atoms with Gasteiger partial charge in [0.25, 0.3) is 5.91 Å². The van der Waals surface area contributed by atoms with E-state index < -0.39 is 10.0 Å². The fraction of sp³-hybridized carbons (Fsp3) is 0.409. The summed E-state index contributed by atoms with van der Waals surface area (Å²) in [5.74, 6) is 0.774. The minimum Gasteiger partial charge on any atom is -0.377 e. The Bertz CT molecular complexity index is 1020. The number of sulfonamides is 1. The van der Waals surface area contributed by atoms with Gasteiger partial charge in [-0.15, -0.1) is 11.8 Å². The van der Waals surface area contributed by atoms with Crippen molar-refractivity contribution in [3.8, 4) is 0 Å². The van der Waals surface area contributed by atoms with Crippen LogP contribution in [0.5, 0.6) is 0 Å². The number of hydrogen-bond acceptors (Lipinski definition) is 5. The van der Waals surface area contributed by atoms with E-state index in [0.717, 1.165) is 30.1 Å². The molecule has 9 heteroatoms. The summed E-state index contributed by atoms with van der Waals surface area (Å²) in [6, 6.07) is 13.8. The molecule has 2 saturated heterocycles. The van der Waals surface area contributed by atoms with E-state index in [-0.39, 0.29) is 30.0 Å². The standard InChI is InChI=1S/C22H25ClN2O4S2/c23-17-7-9-19(10-8-17)31(27,28)25-13-11-24(12-14-25)22(26)20-5-1-2-6-21(20)30-16-18-4-3-15-29-18/h1-2,5-10,18H,3-4,11-16H2. The number of nitrogens with zero attached hydrogens (tertiary/aromatic N) is 2. The van der Waals surface area contributed by atoms with Crippen LogP contribution in [-0.2, 0) is 14.8 Å². The van der Waals surface area contributed by atoms with Crippen molar-refractivity contribution in [3.63, 3.8) is 0 Å². The van der Waals surface area contributed by atoms with Gasteiger partial charge >= 0.3 is 0 Å². The summed E-state index contributed by atoms with van der Waals surface area (Å²) in [4.78, 5) is 16.1. The van der Waals surface area contributed by atoms with Crippen molar-refractivity contribution in [1.29, 1.82) is 0 Å². The zero-order valence-corrected chi connectivity index (χ0v) is 19.5. The third-order valence-electron chi connectivity index (χ3n) is 5.54. The van der Waals surface area contributed by atoms with Crippen LogP contribution in [0.4, 0.5) is 0 Å². The summed E-state index contributed by atoms with van der Waals surface area (Å²) < 4.78 is 32.9. The lowest BCUT2D eigenvalue weighted by molar-refractivity contribution is 0.0694. The van der Waals surface area contributed by atoms with Crippen molar-refractivity contribution < 1.29 is 17.9 Å². The molecule has 1 atom stereocenters. The van der Waals surface area contributed by atoms with Crippen LogP contribution in [-0.4, -0.2) is 68.2 Å². The lowest BCUT2D eigenvalue weighted by Crippen LogP contribution is -2.50. The van der Waals surface area contributed by atoms with Crippen molar-refractivity contribution in [1.82, 2.24) is 9.21 Å². The van der Waals surface area contributed by atoms with Crippen molar-refractivity contribution in [3.05, 3.63) is 59.1 Å². The Kier molecular flexibility index (Phi) is 7.23. The van der Waals surface area contributed by atoms with Gasteiger partial charge in [-0.2, -0.15) is 4.31 Å². The van der Waals surface area contributed by atoms with Crippen LogP contribution in [0, 0.1) is 0 Å². The number of hydrogen-bond donors (Lipinski definition) is 0. The van der Waals surface area contributed by atoms with Gasteiger partial charge in [0.05, 0.1) is 16.6 Å². The largest absolute Gasteiger partial charge is 0.377 e. The number of carbonyl (C=O) groups is 1. The molecule has 2 heterocycles. The summed E-state index contributed by atoms with van der Waals surface area (Å²) in [5, 5.41) is 0.491. The fourth-order valence-corrected chi connectivity index (χ4v) is 6.45. The molecule has 0 aliphatic carbocycles. The van der Waals surface area contributed by atoms with Gasteiger partial charge in [0, 0.05) is 48.5 Å². The van der Waals surface area contributed by atoms with Crippen molar-refractivity contribution in [2.24, 2.45) is 0 Å². The van der Waals surface area contributed by atoms with Gasteiger partial charge in [0.1, 0.15) is 0 Å². The van der Waals surface area contributed by atoms with Crippen molar-refractivity contribution in [2.45, 2.75) is 28.7 Å². The number of piperazine rings is 1. The zero-order valence-electron chi connectivity index (χ0n) is 17.1. The van der Waals surface area contributed by atoms with Gasteiger partial charge in [0.2, 0.25) is 10.0 Å². The summed E-state index contributed by atoms with van der Waals surface area (Å²) >= 11 is 7.52. The molecule has 6 nitrogen and oxygen atoms in total. The fourth-order valence-electron chi connectivity index (χ4n) is 3.79. The molecule has 2 aromatic rings. The molecule has 0 spiro atoms. The Balaban J connectivity index is 1.40. The van der Waals surface area contributed by atoms with E-state index in [2.05, 4.69) is 0 Å². The van der Waals surface area contributed by atoms with E-state index in [1.54, 1.807) is 28.8 Å². The first kappa shape index (κ1) is 22.6. The zero-order chi connectivity index (χ0) is 21.8. The van der Waals surface area contributed by atoms with Gasteiger partial charge in [-0.05, 0) is 49.2 Å². The smallest absolute Gasteiger partial charge is 0.255 e. The first-order chi connectivity index (χ1) is 14.9. The normalized spacial score (nSPS) is 20.2. The molecule has 2 fully saturated rings. The van der Waals surface area contributed by atoms with Crippen LogP contribution < -0.4 is 0 Å². The van der Waals surface area contributed by atoms with Crippen molar-refractivity contribution in [2.75, 3.05) is 38.5 Å². The lowest BCUT2D eigenvalue weighted by atomic mass is 10.2. The van der Waals surface area contributed by atoms with E-state index in [1.165, 1.54) is 16.4 Å². The van der Waals surface area contributed by atoms with Crippen LogP contribution in [0.2, 0.25) is 5.02 Å². The average Bonchev–Trinajstić information content (AvgIpc) is 3.31. The molecule has 2 aliphatic heterocycles.